The summed E-state index contributed by atoms with van der Waals surface area (Å²) in [5, 5.41) is 9.23. The van der Waals surface area contributed by atoms with Gasteiger partial charge in [0.15, 0.2) is 5.82 Å². The second kappa shape index (κ2) is 5.90. The Labute approximate surface area is 157 Å². The molecule has 0 aromatic carbocycles. The quantitative estimate of drug-likeness (QED) is 0.551. The molecule has 0 amide bonds. The zero-order valence-corrected chi connectivity index (χ0v) is 15.7. The normalized spacial score (nSPS) is 14.0. The van der Waals surface area contributed by atoms with Crippen molar-refractivity contribution in [1.29, 1.82) is 0 Å². The molecule has 4 aromatic rings. The molecular formula is C20H21N7. The molecule has 4 aromatic heterocycles. The van der Waals surface area contributed by atoms with E-state index in [1.165, 1.54) is 16.8 Å². The molecule has 136 valence electrons. The van der Waals surface area contributed by atoms with E-state index in [4.69, 9.17) is 10.1 Å². The standard InChI is InChI=1S/C20H21N7/c1-13-6-17-9-21-12-27(17)24-20(13)26-5-4-19-16(10-26)7-15(8-22-19)18-11-25(3)23-14(18)2/h6-9,11-12H,4-5,10H2,1-3H3. The Balaban J connectivity index is 1.52. The van der Waals surface area contributed by atoms with Gasteiger partial charge in [0.25, 0.3) is 0 Å². The van der Waals surface area contributed by atoms with Crippen molar-refractivity contribution in [2.75, 3.05) is 11.4 Å². The highest BCUT2D eigenvalue weighted by Crippen LogP contribution is 2.29. The van der Waals surface area contributed by atoms with Crippen LogP contribution in [0.5, 0.6) is 0 Å². The number of aromatic nitrogens is 6. The first-order chi connectivity index (χ1) is 13.1. The second-order valence-electron chi connectivity index (χ2n) is 7.22. The van der Waals surface area contributed by atoms with Gasteiger partial charge < -0.3 is 4.90 Å². The molecule has 7 nitrogen and oxygen atoms in total. The summed E-state index contributed by atoms with van der Waals surface area (Å²) in [6.07, 6.45) is 8.53. The summed E-state index contributed by atoms with van der Waals surface area (Å²) < 4.78 is 3.69. The summed E-state index contributed by atoms with van der Waals surface area (Å²) in [6, 6.07) is 4.39. The van der Waals surface area contributed by atoms with Crippen molar-refractivity contribution in [2.45, 2.75) is 26.8 Å². The number of nitrogens with zero attached hydrogens (tertiary/aromatic N) is 7. The van der Waals surface area contributed by atoms with Crippen molar-refractivity contribution in [1.82, 2.24) is 29.4 Å². The Bertz CT molecular complexity index is 1150. The lowest BCUT2D eigenvalue weighted by Gasteiger charge is -2.30. The first kappa shape index (κ1) is 16.0. The maximum Gasteiger partial charge on any atom is 0.152 e. The fourth-order valence-corrected chi connectivity index (χ4v) is 3.90. The molecule has 1 aliphatic rings. The van der Waals surface area contributed by atoms with E-state index in [2.05, 4.69) is 40.2 Å². The lowest BCUT2D eigenvalue weighted by atomic mass is 10.0. The molecule has 0 unspecified atom stereocenters. The van der Waals surface area contributed by atoms with Gasteiger partial charge in [0.05, 0.1) is 17.4 Å². The van der Waals surface area contributed by atoms with Crippen LogP contribution < -0.4 is 4.90 Å². The predicted octanol–water partition coefficient (Wildman–Crippen LogP) is 2.70. The van der Waals surface area contributed by atoms with E-state index in [1.807, 2.05) is 35.6 Å². The summed E-state index contributed by atoms with van der Waals surface area (Å²) >= 11 is 0. The van der Waals surface area contributed by atoms with Crippen LogP contribution in [0.25, 0.3) is 16.6 Å². The summed E-state index contributed by atoms with van der Waals surface area (Å²) in [5.41, 5.74) is 7.90. The monoisotopic (exact) mass is 359 g/mol. The van der Waals surface area contributed by atoms with Crippen LogP contribution in [-0.2, 0) is 20.0 Å². The van der Waals surface area contributed by atoms with Crippen molar-refractivity contribution >= 4 is 11.3 Å². The summed E-state index contributed by atoms with van der Waals surface area (Å²) in [5.74, 6) is 1.01. The zero-order chi connectivity index (χ0) is 18.5. The van der Waals surface area contributed by atoms with Crippen molar-refractivity contribution in [3.8, 4) is 11.1 Å². The number of imidazole rings is 1. The first-order valence-electron chi connectivity index (χ1n) is 9.12. The van der Waals surface area contributed by atoms with Gasteiger partial charge in [0, 0.05) is 55.8 Å². The maximum absolute atomic E-state index is 4.78. The average molecular weight is 359 g/mol. The summed E-state index contributed by atoms with van der Waals surface area (Å²) in [7, 11) is 1.95. The molecule has 0 saturated heterocycles. The van der Waals surface area contributed by atoms with Gasteiger partial charge in [-0.15, -0.1) is 5.10 Å². The third kappa shape index (κ3) is 2.66. The Hall–Kier alpha value is -3.22. The lowest BCUT2D eigenvalue weighted by Crippen LogP contribution is -2.32. The number of rotatable bonds is 2. The number of hydrogen-bond acceptors (Lipinski definition) is 5. The van der Waals surface area contributed by atoms with Gasteiger partial charge in [-0.3, -0.25) is 9.67 Å². The van der Waals surface area contributed by atoms with Crippen molar-refractivity contribution in [3.05, 3.63) is 59.6 Å². The molecule has 5 rings (SSSR count). The van der Waals surface area contributed by atoms with Gasteiger partial charge in [-0.25, -0.2) is 9.50 Å². The number of aryl methyl sites for hydroxylation is 3. The molecule has 7 heteroatoms. The minimum absolute atomic E-state index is 0.809. The van der Waals surface area contributed by atoms with Gasteiger partial charge in [0.1, 0.15) is 6.33 Å². The molecule has 0 radical (unpaired) electrons. The van der Waals surface area contributed by atoms with Crippen LogP contribution in [0.15, 0.2) is 37.1 Å². The van der Waals surface area contributed by atoms with Crippen LogP contribution in [-0.4, -0.2) is 35.9 Å². The predicted molar refractivity (Wildman–Crippen MR) is 104 cm³/mol. The van der Waals surface area contributed by atoms with Crippen LogP contribution in [0.4, 0.5) is 5.82 Å². The molecule has 1 aliphatic heterocycles. The Kier molecular flexibility index (Phi) is 3.50. The fraction of sp³-hybridized carbons (Fsp3) is 0.300. The molecular weight excluding hydrogens is 338 g/mol. The summed E-state index contributed by atoms with van der Waals surface area (Å²) in [4.78, 5) is 11.3. The lowest BCUT2D eigenvalue weighted by molar-refractivity contribution is 0.689. The molecule has 5 heterocycles. The average Bonchev–Trinajstić information content (AvgIpc) is 3.25. The summed E-state index contributed by atoms with van der Waals surface area (Å²) in [6.45, 7) is 5.87. The number of hydrogen-bond donors (Lipinski definition) is 0. The van der Waals surface area contributed by atoms with Crippen LogP contribution >= 0.6 is 0 Å². The SMILES string of the molecule is Cc1cc2cncn2nc1N1CCc2ncc(-c3cn(C)nc3C)cc2C1. The van der Waals surface area contributed by atoms with E-state index in [-0.39, 0.29) is 0 Å². The fourth-order valence-electron chi connectivity index (χ4n) is 3.90. The van der Waals surface area contributed by atoms with Crippen molar-refractivity contribution in [3.63, 3.8) is 0 Å². The van der Waals surface area contributed by atoms with E-state index in [0.717, 1.165) is 47.7 Å². The second-order valence-corrected chi connectivity index (χ2v) is 7.22. The number of pyridine rings is 1. The van der Waals surface area contributed by atoms with Gasteiger partial charge >= 0.3 is 0 Å². The third-order valence-electron chi connectivity index (χ3n) is 5.23. The molecule has 0 aliphatic carbocycles. The van der Waals surface area contributed by atoms with Crippen molar-refractivity contribution in [2.24, 2.45) is 7.05 Å². The van der Waals surface area contributed by atoms with Crippen LogP contribution in [0, 0.1) is 13.8 Å². The van der Waals surface area contributed by atoms with Crippen LogP contribution in [0.1, 0.15) is 22.5 Å². The third-order valence-corrected chi connectivity index (χ3v) is 5.23. The van der Waals surface area contributed by atoms with Crippen molar-refractivity contribution < 1.29 is 0 Å². The van der Waals surface area contributed by atoms with E-state index in [0.29, 0.717) is 0 Å². The highest BCUT2D eigenvalue weighted by Gasteiger charge is 2.21. The molecule has 0 atom stereocenters. The Morgan fingerprint density at radius 1 is 1.07 bits per heavy atom. The zero-order valence-electron chi connectivity index (χ0n) is 15.7. The Morgan fingerprint density at radius 2 is 1.96 bits per heavy atom. The number of anilines is 1. The first-order valence-corrected chi connectivity index (χ1v) is 9.12. The highest BCUT2D eigenvalue weighted by atomic mass is 15.3. The minimum Gasteiger partial charge on any atom is -0.350 e. The molecule has 0 spiro atoms. The van der Waals surface area contributed by atoms with E-state index >= 15 is 0 Å². The van der Waals surface area contributed by atoms with E-state index < -0.39 is 0 Å². The largest absolute Gasteiger partial charge is 0.350 e. The molecule has 0 bridgehead atoms. The number of fused-ring (bicyclic) bond motifs is 2. The molecule has 0 saturated carbocycles. The van der Waals surface area contributed by atoms with Crippen LogP contribution in [0.3, 0.4) is 0 Å². The highest BCUT2D eigenvalue weighted by molar-refractivity contribution is 5.66. The van der Waals surface area contributed by atoms with Gasteiger partial charge in [-0.05, 0) is 37.1 Å². The Morgan fingerprint density at radius 3 is 2.78 bits per heavy atom. The molecule has 27 heavy (non-hydrogen) atoms. The molecule has 0 N–H and O–H groups in total. The van der Waals surface area contributed by atoms with Gasteiger partial charge in [0.2, 0.25) is 0 Å². The minimum atomic E-state index is 0.809. The topological polar surface area (TPSA) is 64.1 Å². The smallest absolute Gasteiger partial charge is 0.152 e. The van der Waals surface area contributed by atoms with Gasteiger partial charge in [-0.1, -0.05) is 0 Å². The molecule has 0 fully saturated rings. The maximum atomic E-state index is 4.78. The van der Waals surface area contributed by atoms with Gasteiger partial charge in [-0.2, -0.15) is 5.10 Å². The van der Waals surface area contributed by atoms with E-state index in [9.17, 15) is 0 Å². The van der Waals surface area contributed by atoms with E-state index in [1.54, 1.807) is 6.33 Å². The van der Waals surface area contributed by atoms with Crippen LogP contribution in [0.2, 0.25) is 0 Å².